The SMILES string of the molecule is CCOc1ccc(Nc2cc(C(=O)N3CCc4ccccc43)ncn2)cc1. The molecule has 1 aliphatic rings. The van der Waals surface area contributed by atoms with Crippen molar-refractivity contribution in [3.05, 3.63) is 72.2 Å². The molecule has 1 aromatic heterocycles. The zero-order chi connectivity index (χ0) is 18.6. The van der Waals surface area contributed by atoms with E-state index in [1.54, 1.807) is 11.0 Å². The molecule has 6 heteroatoms. The molecule has 6 nitrogen and oxygen atoms in total. The summed E-state index contributed by atoms with van der Waals surface area (Å²) >= 11 is 0. The first-order chi connectivity index (χ1) is 13.2. The Kier molecular flexibility index (Phi) is 4.70. The smallest absolute Gasteiger partial charge is 0.277 e. The molecule has 0 spiro atoms. The van der Waals surface area contributed by atoms with Crippen molar-refractivity contribution in [2.24, 2.45) is 0 Å². The van der Waals surface area contributed by atoms with Crippen LogP contribution in [0.15, 0.2) is 60.9 Å². The lowest BCUT2D eigenvalue weighted by molar-refractivity contribution is 0.0984. The largest absolute Gasteiger partial charge is 0.494 e. The molecule has 1 amide bonds. The third-order valence-corrected chi connectivity index (χ3v) is 4.46. The van der Waals surface area contributed by atoms with Crippen LogP contribution in [0.4, 0.5) is 17.2 Å². The molecule has 136 valence electrons. The molecule has 4 rings (SSSR count). The molecule has 0 bridgehead atoms. The Morgan fingerprint density at radius 3 is 2.78 bits per heavy atom. The Balaban J connectivity index is 1.52. The minimum atomic E-state index is -0.114. The lowest BCUT2D eigenvalue weighted by Crippen LogP contribution is -2.29. The minimum Gasteiger partial charge on any atom is -0.494 e. The normalized spacial score (nSPS) is 12.6. The zero-order valence-electron chi connectivity index (χ0n) is 15.1. The van der Waals surface area contributed by atoms with E-state index in [0.717, 1.165) is 23.5 Å². The van der Waals surface area contributed by atoms with Gasteiger partial charge in [0, 0.05) is 24.0 Å². The summed E-state index contributed by atoms with van der Waals surface area (Å²) in [5, 5.41) is 3.20. The molecule has 0 saturated carbocycles. The van der Waals surface area contributed by atoms with E-state index in [-0.39, 0.29) is 5.91 Å². The highest BCUT2D eigenvalue weighted by atomic mass is 16.5. The molecule has 0 fully saturated rings. The molecule has 0 atom stereocenters. The highest BCUT2D eigenvalue weighted by Gasteiger charge is 2.26. The summed E-state index contributed by atoms with van der Waals surface area (Å²) in [6, 6.07) is 17.2. The maximum atomic E-state index is 12.9. The highest BCUT2D eigenvalue weighted by molar-refractivity contribution is 6.06. The van der Waals surface area contributed by atoms with Gasteiger partial charge in [-0.15, -0.1) is 0 Å². The van der Waals surface area contributed by atoms with Gasteiger partial charge in [0.1, 0.15) is 23.6 Å². The zero-order valence-corrected chi connectivity index (χ0v) is 15.1. The van der Waals surface area contributed by atoms with E-state index in [4.69, 9.17) is 4.74 Å². The summed E-state index contributed by atoms with van der Waals surface area (Å²) in [6.07, 6.45) is 2.27. The Hall–Kier alpha value is -3.41. The van der Waals surface area contributed by atoms with E-state index in [1.807, 2.05) is 49.4 Å². The van der Waals surface area contributed by atoms with Gasteiger partial charge < -0.3 is 15.0 Å². The molecule has 2 aromatic carbocycles. The number of fused-ring (bicyclic) bond motifs is 1. The fourth-order valence-electron chi connectivity index (χ4n) is 3.18. The van der Waals surface area contributed by atoms with Crippen LogP contribution in [0.5, 0.6) is 5.75 Å². The molecule has 0 saturated heterocycles. The summed E-state index contributed by atoms with van der Waals surface area (Å²) in [5.74, 6) is 1.27. The van der Waals surface area contributed by atoms with Crippen molar-refractivity contribution < 1.29 is 9.53 Å². The number of amides is 1. The van der Waals surface area contributed by atoms with Gasteiger partial charge in [-0.1, -0.05) is 18.2 Å². The van der Waals surface area contributed by atoms with Crippen molar-refractivity contribution >= 4 is 23.1 Å². The lowest BCUT2D eigenvalue weighted by Gasteiger charge is -2.17. The van der Waals surface area contributed by atoms with Gasteiger partial charge in [-0.25, -0.2) is 9.97 Å². The molecule has 27 heavy (non-hydrogen) atoms. The maximum Gasteiger partial charge on any atom is 0.277 e. The van der Waals surface area contributed by atoms with E-state index < -0.39 is 0 Å². The summed E-state index contributed by atoms with van der Waals surface area (Å²) in [5.41, 5.74) is 3.38. The number of ether oxygens (including phenoxy) is 1. The van der Waals surface area contributed by atoms with E-state index in [1.165, 1.54) is 11.9 Å². The van der Waals surface area contributed by atoms with Gasteiger partial charge in [0.2, 0.25) is 0 Å². The van der Waals surface area contributed by atoms with Crippen molar-refractivity contribution in [1.82, 2.24) is 9.97 Å². The average molecular weight is 360 g/mol. The van der Waals surface area contributed by atoms with Crippen molar-refractivity contribution in [3.8, 4) is 5.75 Å². The number of rotatable bonds is 5. The number of aromatic nitrogens is 2. The fourth-order valence-corrected chi connectivity index (χ4v) is 3.18. The number of nitrogens with zero attached hydrogens (tertiary/aromatic N) is 3. The van der Waals surface area contributed by atoms with Crippen LogP contribution in [0.25, 0.3) is 0 Å². The van der Waals surface area contributed by atoms with Crippen LogP contribution in [0, 0.1) is 0 Å². The predicted molar refractivity (Wildman–Crippen MR) is 105 cm³/mol. The monoisotopic (exact) mass is 360 g/mol. The van der Waals surface area contributed by atoms with Crippen LogP contribution in [-0.4, -0.2) is 29.0 Å². The van der Waals surface area contributed by atoms with Crippen LogP contribution in [0.3, 0.4) is 0 Å². The van der Waals surface area contributed by atoms with Gasteiger partial charge in [-0.2, -0.15) is 0 Å². The highest BCUT2D eigenvalue weighted by Crippen LogP contribution is 2.29. The van der Waals surface area contributed by atoms with Crippen LogP contribution in [0.1, 0.15) is 23.0 Å². The number of carbonyl (C=O) groups is 1. The van der Waals surface area contributed by atoms with Crippen molar-refractivity contribution in [1.29, 1.82) is 0 Å². The lowest BCUT2D eigenvalue weighted by atomic mass is 10.2. The Bertz CT molecular complexity index is 956. The van der Waals surface area contributed by atoms with Crippen LogP contribution in [-0.2, 0) is 6.42 Å². The van der Waals surface area contributed by atoms with Crippen LogP contribution >= 0.6 is 0 Å². The Labute approximate surface area is 157 Å². The molecule has 2 heterocycles. The molecule has 1 N–H and O–H groups in total. The third-order valence-electron chi connectivity index (χ3n) is 4.46. The van der Waals surface area contributed by atoms with Crippen molar-refractivity contribution in [2.75, 3.05) is 23.4 Å². The van der Waals surface area contributed by atoms with Crippen molar-refractivity contribution in [2.45, 2.75) is 13.3 Å². The predicted octanol–water partition coefficient (Wildman–Crippen LogP) is 3.82. The second-order valence-corrected chi connectivity index (χ2v) is 6.21. The average Bonchev–Trinajstić information content (AvgIpc) is 3.13. The van der Waals surface area contributed by atoms with Gasteiger partial charge in [0.15, 0.2) is 0 Å². The molecular weight excluding hydrogens is 340 g/mol. The summed E-state index contributed by atoms with van der Waals surface area (Å²) in [4.78, 5) is 23.1. The topological polar surface area (TPSA) is 67.3 Å². The Morgan fingerprint density at radius 2 is 1.96 bits per heavy atom. The van der Waals surface area contributed by atoms with Crippen LogP contribution < -0.4 is 15.0 Å². The fraction of sp³-hybridized carbons (Fsp3) is 0.190. The number of hydrogen-bond donors (Lipinski definition) is 1. The van der Waals surface area contributed by atoms with Gasteiger partial charge >= 0.3 is 0 Å². The number of carbonyl (C=O) groups excluding carboxylic acids is 1. The van der Waals surface area contributed by atoms with E-state index in [2.05, 4.69) is 21.4 Å². The molecule has 0 radical (unpaired) electrons. The van der Waals surface area contributed by atoms with Gasteiger partial charge in [0.25, 0.3) is 5.91 Å². The van der Waals surface area contributed by atoms with E-state index in [0.29, 0.717) is 24.7 Å². The first kappa shape index (κ1) is 17.0. The number of para-hydroxylation sites is 1. The van der Waals surface area contributed by atoms with Gasteiger partial charge in [-0.05, 0) is 49.2 Å². The molecule has 1 aliphatic heterocycles. The maximum absolute atomic E-state index is 12.9. The van der Waals surface area contributed by atoms with Gasteiger partial charge in [0.05, 0.1) is 6.61 Å². The standard InChI is InChI=1S/C21H20N4O2/c1-2-27-17-9-7-16(8-10-17)24-20-13-18(22-14-23-20)21(26)25-12-11-15-5-3-4-6-19(15)25/h3-10,13-14H,2,11-12H2,1H3,(H,22,23,24). The summed E-state index contributed by atoms with van der Waals surface area (Å²) < 4.78 is 5.44. The third kappa shape index (κ3) is 3.60. The second kappa shape index (κ2) is 7.45. The number of hydrogen-bond acceptors (Lipinski definition) is 5. The number of nitrogens with one attached hydrogen (secondary N) is 1. The minimum absolute atomic E-state index is 0.114. The molecular formula is C21H20N4O2. The molecule has 0 aliphatic carbocycles. The number of benzene rings is 2. The number of anilines is 3. The van der Waals surface area contributed by atoms with Crippen LogP contribution in [0.2, 0.25) is 0 Å². The molecule has 3 aromatic rings. The van der Waals surface area contributed by atoms with Crippen molar-refractivity contribution in [3.63, 3.8) is 0 Å². The Morgan fingerprint density at radius 1 is 1.15 bits per heavy atom. The summed E-state index contributed by atoms with van der Waals surface area (Å²) in [6.45, 7) is 3.25. The molecule has 0 unspecified atom stereocenters. The van der Waals surface area contributed by atoms with Gasteiger partial charge in [-0.3, -0.25) is 4.79 Å². The van der Waals surface area contributed by atoms with E-state index >= 15 is 0 Å². The quantitative estimate of drug-likeness (QED) is 0.749. The summed E-state index contributed by atoms with van der Waals surface area (Å²) in [7, 11) is 0. The second-order valence-electron chi connectivity index (χ2n) is 6.21. The first-order valence-corrected chi connectivity index (χ1v) is 8.96. The first-order valence-electron chi connectivity index (χ1n) is 8.96. The van der Waals surface area contributed by atoms with E-state index in [9.17, 15) is 4.79 Å².